The second kappa shape index (κ2) is 4.65. The molecule has 0 aliphatic rings. The predicted molar refractivity (Wildman–Crippen MR) is 51.5 cm³/mol. The van der Waals surface area contributed by atoms with Gasteiger partial charge in [0.05, 0.1) is 6.26 Å². The highest BCUT2D eigenvalue weighted by molar-refractivity contribution is 5.90. The normalized spacial score (nSPS) is 9.69. The van der Waals surface area contributed by atoms with Crippen LogP contribution in [0, 0.1) is 0 Å². The van der Waals surface area contributed by atoms with Gasteiger partial charge in [0, 0.05) is 12.8 Å². The van der Waals surface area contributed by atoms with E-state index in [1.165, 1.54) is 0 Å². The zero-order valence-electron chi connectivity index (χ0n) is 8.04. The Labute approximate surface area is 78.3 Å². The van der Waals surface area contributed by atoms with E-state index in [0.717, 1.165) is 11.3 Å². The third kappa shape index (κ3) is 3.74. The van der Waals surface area contributed by atoms with Crippen molar-refractivity contribution in [1.29, 1.82) is 0 Å². The van der Waals surface area contributed by atoms with Gasteiger partial charge >= 0.3 is 0 Å². The summed E-state index contributed by atoms with van der Waals surface area (Å²) in [5.74, 6) is 1.03. The van der Waals surface area contributed by atoms with Gasteiger partial charge in [0.15, 0.2) is 5.78 Å². The first kappa shape index (κ1) is 9.78. The number of ketones is 1. The van der Waals surface area contributed by atoms with Crippen LogP contribution < -0.4 is 0 Å². The molecule has 70 valence electrons. The van der Waals surface area contributed by atoms with E-state index in [1.807, 2.05) is 26.0 Å². The van der Waals surface area contributed by atoms with Crippen LogP contribution in [-0.4, -0.2) is 5.78 Å². The minimum Gasteiger partial charge on any atom is -0.469 e. The molecule has 0 fully saturated rings. The molecule has 0 aliphatic carbocycles. The maximum atomic E-state index is 11.2. The zero-order valence-corrected chi connectivity index (χ0v) is 8.04. The first-order valence-corrected chi connectivity index (χ1v) is 4.38. The fourth-order valence-corrected chi connectivity index (χ4v) is 1.10. The lowest BCUT2D eigenvalue weighted by atomic mass is 10.1. The quantitative estimate of drug-likeness (QED) is 0.663. The Morgan fingerprint density at radius 2 is 2.31 bits per heavy atom. The van der Waals surface area contributed by atoms with E-state index in [4.69, 9.17) is 4.42 Å². The second-order valence-corrected chi connectivity index (χ2v) is 3.27. The molecule has 2 heteroatoms. The van der Waals surface area contributed by atoms with Gasteiger partial charge in [-0.05, 0) is 32.1 Å². The Hall–Kier alpha value is -1.31. The van der Waals surface area contributed by atoms with Gasteiger partial charge in [0.25, 0.3) is 0 Å². The minimum atomic E-state index is 0.163. The summed E-state index contributed by atoms with van der Waals surface area (Å²) >= 11 is 0. The van der Waals surface area contributed by atoms with E-state index < -0.39 is 0 Å². The van der Waals surface area contributed by atoms with E-state index in [2.05, 4.69) is 0 Å². The molecule has 2 nitrogen and oxygen atoms in total. The fraction of sp³-hybridized carbons (Fsp3) is 0.364. The molecule has 0 N–H and O–H groups in total. The molecule has 0 saturated heterocycles. The molecule has 0 saturated carbocycles. The van der Waals surface area contributed by atoms with Crippen LogP contribution in [0.5, 0.6) is 0 Å². The Morgan fingerprint density at radius 3 is 2.85 bits per heavy atom. The SMILES string of the molecule is CC(C)=CC(=O)CCc1ccco1. The lowest BCUT2D eigenvalue weighted by Crippen LogP contribution is -1.95. The summed E-state index contributed by atoms with van der Waals surface area (Å²) in [5, 5.41) is 0. The average Bonchev–Trinajstić information content (AvgIpc) is 2.51. The van der Waals surface area contributed by atoms with Crippen molar-refractivity contribution in [2.24, 2.45) is 0 Å². The highest BCUT2D eigenvalue weighted by Crippen LogP contribution is 2.04. The van der Waals surface area contributed by atoms with Crippen molar-refractivity contribution in [3.63, 3.8) is 0 Å². The van der Waals surface area contributed by atoms with Crippen LogP contribution in [0.25, 0.3) is 0 Å². The van der Waals surface area contributed by atoms with E-state index in [-0.39, 0.29) is 5.78 Å². The molecular formula is C11H14O2. The van der Waals surface area contributed by atoms with E-state index >= 15 is 0 Å². The van der Waals surface area contributed by atoms with Crippen molar-refractivity contribution in [3.05, 3.63) is 35.8 Å². The molecule has 0 radical (unpaired) electrons. The number of allylic oxidation sites excluding steroid dienone is 2. The topological polar surface area (TPSA) is 30.2 Å². The molecule has 13 heavy (non-hydrogen) atoms. The largest absolute Gasteiger partial charge is 0.469 e. The molecule has 0 unspecified atom stereocenters. The van der Waals surface area contributed by atoms with Crippen molar-refractivity contribution in [2.45, 2.75) is 26.7 Å². The van der Waals surface area contributed by atoms with Gasteiger partial charge in [-0.2, -0.15) is 0 Å². The molecule has 0 amide bonds. The van der Waals surface area contributed by atoms with E-state index in [9.17, 15) is 4.79 Å². The smallest absolute Gasteiger partial charge is 0.156 e. The third-order valence-electron chi connectivity index (χ3n) is 1.65. The summed E-state index contributed by atoms with van der Waals surface area (Å²) in [5.41, 5.74) is 1.05. The van der Waals surface area contributed by atoms with E-state index in [1.54, 1.807) is 12.3 Å². The fourth-order valence-electron chi connectivity index (χ4n) is 1.10. The summed E-state index contributed by atoms with van der Waals surface area (Å²) < 4.78 is 5.12. The number of hydrogen-bond acceptors (Lipinski definition) is 2. The second-order valence-electron chi connectivity index (χ2n) is 3.27. The van der Waals surface area contributed by atoms with Gasteiger partial charge in [-0.3, -0.25) is 4.79 Å². The van der Waals surface area contributed by atoms with Crippen molar-refractivity contribution >= 4 is 5.78 Å². The Morgan fingerprint density at radius 1 is 1.54 bits per heavy atom. The van der Waals surface area contributed by atoms with Crippen LogP contribution in [0.3, 0.4) is 0 Å². The minimum absolute atomic E-state index is 0.163. The van der Waals surface area contributed by atoms with Crippen molar-refractivity contribution < 1.29 is 9.21 Å². The van der Waals surface area contributed by atoms with Crippen molar-refractivity contribution in [2.75, 3.05) is 0 Å². The van der Waals surface area contributed by atoms with Crippen LogP contribution >= 0.6 is 0 Å². The number of carbonyl (C=O) groups is 1. The van der Waals surface area contributed by atoms with E-state index in [0.29, 0.717) is 12.8 Å². The molecule has 0 bridgehead atoms. The molecule has 0 spiro atoms. The average molecular weight is 178 g/mol. The number of aryl methyl sites for hydroxylation is 1. The zero-order chi connectivity index (χ0) is 9.68. The van der Waals surface area contributed by atoms with Gasteiger partial charge in [-0.25, -0.2) is 0 Å². The Kier molecular flexibility index (Phi) is 3.50. The van der Waals surface area contributed by atoms with Crippen LogP contribution in [-0.2, 0) is 11.2 Å². The highest BCUT2D eigenvalue weighted by atomic mass is 16.3. The summed E-state index contributed by atoms with van der Waals surface area (Å²) in [7, 11) is 0. The lowest BCUT2D eigenvalue weighted by molar-refractivity contribution is -0.114. The molecule has 1 aromatic rings. The van der Waals surface area contributed by atoms with Gasteiger partial charge in [0.2, 0.25) is 0 Å². The monoisotopic (exact) mass is 178 g/mol. The number of furan rings is 1. The molecular weight excluding hydrogens is 164 g/mol. The summed E-state index contributed by atoms with van der Waals surface area (Å²) in [6.07, 6.45) is 4.51. The van der Waals surface area contributed by atoms with Crippen molar-refractivity contribution in [1.82, 2.24) is 0 Å². The molecule has 1 aromatic heterocycles. The Balaban J connectivity index is 2.35. The summed E-state index contributed by atoms with van der Waals surface area (Å²) in [6.45, 7) is 3.84. The first-order chi connectivity index (χ1) is 6.18. The Bertz CT molecular complexity index is 290. The van der Waals surface area contributed by atoms with Gasteiger partial charge < -0.3 is 4.42 Å². The molecule has 1 rings (SSSR count). The van der Waals surface area contributed by atoms with Crippen LogP contribution in [0.15, 0.2) is 34.5 Å². The summed E-state index contributed by atoms with van der Waals surface area (Å²) in [4.78, 5) is 11.2. The van der Waals surface area contributed by atoms with Crippen LogP contribution in [0.2, 0.25) is 0 Å². The predicted octanol–water partition coefficient (Wildman–Crippen LogP) is 2.75. The molecule has 0 aliphatic heterocycles. The number of hydrogen-bond donors (Lipinski definition) is 0. The maximum absolute atomic E-state index is 11.2. The van der Waals surface area contributed by atoms with Gasteiger partial charge in [-0.1, -0.05) is 5.57 Å². The van der Waals surface area contributed by atoms with Crippen LogP contribution in [0.4, 0.5) is 0 Å². The number of carbonyl (C=O) groups excluding carboxylic acids is 1. The molecule has 0 aromatic carbocycles. The standard InChI is InChI=1S/C11H14O2/c1-9(2)8-10(12)5-6-11-4-3-7-13-11/h3-4,7-8H,5-6H2,1-2H3. The molecule has 1 heterocycles. The highest BCUT2D eigenvalue weighted by Gasteiger charge is 2.00. The molecule has 0 atom stereocenters. The van der Waals surface area contributed by atoms with Gasteiger partial charge in [-0.15, -0.1) is 0 Å². The van der Waals surface area contributed by atoms with Crippen molar-refractivity contribution in [3.8, 4) is 0 Å². The third-order valence-corrected chi connectivity index (χ3v) is 1.65. The maximum Gasteiger partial charge on any atom is 0.156 e. The first-order valence-electron chi connectivity index (χ1n) is 4.38. The van der Waals surface area contributed by atoms with Gasteiger partial charge in [0.1, 0.15) is 5.76 Å². The van der Waals surface area contributed by atoms with Crippen LogP contribution in [0.1, 0.15) is 26.0 Å². The summed E-state index contributed by atoms with van der Waals surface area (Å²) in [6, 6.07) is 3.72. The lowest BCUT2D eigenvalue weighted by Gasteiger charge is -1.93. The number of rotatable bonds is 4.